The van der Waals surface area contributed by atoms with Gasteiger partial charge in [-0.15, -0.1) is 0 Å². The Balaban J connectivity index is 1.65. The standard InChI is InChI=1S/C25H33N3O4S/c1-18-11-12-20(25(2,3)4)17-22(18)33(31,32)27-21-9-5-8-19(16-21)24(30)26-13-7-15-28-14-6-10-23(28)29/h5,8-9,11-12,16-17,27H,6-7,10,13-15H2,1-4H3,(H,26,30). The third-order valence-electron chi connectivity index (χ3n) is 5.78. The predicted octanol–water partition coefficient (Wildman–Crippen LogP) is 3.84. The molecule has 3 rings (SSSR count). The third-order valence-corrected chi connectivity index (χ3v) is 7.31. The molecule has 0 saturated carbocycles. The molecule has 0 unspecified atom stereocenters. The minimum atomic E-state index is -3.82. The van der Waals surface area contributed by atoms with Gasteiger partial charge in [-0.1, -0.05) is 39.0 Å². The number of carbonyl (C=O) groups is 2. The number of nitrogens with zero attached hydrogens (tertiary/aromatic N) is 1. The number of likely N-dealkylation sites (tertiary alicyclic amines) is 1. The zero-order valence-electron chi connectivity index (χ0n) is 19.8. The van der Waals surface area contributed by atoms with Crippen LogP contribution in [-0.4, -0.2) is 44.8 Å². The zero-order valence-corrected chi connectivity index (χ0v) is 20.6. The molecule has 2 aromatic rings. The lowest BCUT2D eigenvalue weighted by Crippen LogP contribution is -2.30. The molecule has 1 saturated heterocycles. The molecule has 0 atom stereocenters. The minimum Gasteiger partial charge on any atom is -0.352 e. The first-order valence-corrected chi connectivity index (χ1v) is 12.8. The average molecular weight is 472 g/mol. The Hall–Kier alpha value is -2.87. The van der Waals surface area contributed by atoms with E-state index < -0.39 is 10.0 Å². The fourth-order valence-corrected chi connectivity index (χ4v) is 5.13. The molecule has 7 nitrogen and oxygen atoms in total. The van der Waals surface area contributed by atoms with Crippen LogP contribution in [0.4, 0.5) is 5.69 Å². The van der Waals surface area contributed by atoms with Crippen LogP contribution in [0.15, 0.2) is 47.4 Å². The summed E-state index contributed by atoms with van der Waals surface area (Å²) in [5, 5.41) is 2.84. The number of benzene rings is 2. The van der Waals surface area contributed by atoms with Crippen molar-refractivity contribution in [2.24, 2.45) is 0 Å². The maximum absolute atomic E-state index is 13.1. The van der Waals surface area contributed by atoms with Crippen molar-refractivity contribution < 1.29 is 18.0 Å². The Labute approximate surface area is 196 Å². The molecule has 2 N–H and O–H groups in total. The molecular formula is C25H33N3O4S. The van der Waals surface area contributed by atoms with Crippen LogP contribution < -0.4 is 10.0 Å². The number of hydrogen-bond acceptors (Lipinski definition) is 4. The number of sulfonamides is 1. The molecule has 0 bridgehead atoms. The largest absolute Gasteiger partial charge is 0.352 e. The molecule has 8 heteroatoms. The van der Waals surface area contributed by atoms with Gasteiger partial charge in [0.25, 0.3) is 15.9 Å². The molecule has 33 heavy (non-hydrogen) atoms. The SMILES string of the molecule is Cc1ccc(C(C)(C)C)cc1S(=O)(=O)Nc1cccc(C(=O)NCCCN2CCCC2=O)c1. The van der Waals surface area contributed by atoms with E-state index in [1.165, 1.54) is 6.07 Å². The van der Waals surface area contributed by atoms with Crippen molar-refractivity contribution in [1.82, 2.24) is 10.2 Å². The highest BCUT2D eigenvalue weighted by Crippen LogP contribution is 2.28. The van der Waals surface area contributed by atoms with Gasteiger partial charge in [-0.05, 0) is 60.6 Å². The van der Waals surface area contributed by atoms with Crippen molar-refractivity contribution in [2.45, 2.75) is 57.3 Å². The molecule has 1 heterocycles. The number of hydrogen-bond donors (Lipinski definition) is 2. The Morgan fingerprint density at radius 2 is 1.88 bits per heavy atom. The van der Waals surface area contributed by atoms with Gasteiger partial charge in [0.15, 0.2) is 0 Å². The molecule has 2 aromatic carbocycles. The van der Waals surface area contributed by atoms with E-state index in [4.69, 9.17) is 0 Å². The monoisotopic (exact) mass is 471 g/mol. The number of carbonyl (C=O) groups excluding carboxylic acids is 2. The highest BCUT2D eigenvalue weighted by atomic mass is 32.2. The lowest BCUT2D eigenvalue weighted by Gasteiger charge is -2.21. The van der Waals surface area contributed by atoms with Gasteiger partial charge in [0, 0.05) is 37.3 Å². The maximum Gasteiger partial charge on any atom is 0.262 e. The first kappa shape index (κ1) is 24.8. The Bertz CT molecular complexity index is 1140. The van der Waals surface area contributed by atoms with Crippen LogP contribution in [0, 0.1) is 6.92 Å². The molecule has 2 amide bonds. The summed E-state index contributed by atoms with van der Waals surface area (Å²) >= 11 is 0. The fourth-order valence-electron chi connectivity index (χ4n) is 3.80. The van der Waals surface area contributed by atoms with E-state index in [1.54, 1.807) is 31.2 Å². The molecule has 0 aromatic heterocycles. The van der Waals surface area contributed by atoms with Gasteiger partial charge in [-0.25, -0.2) is 8.42 Å². The summed E-state index contributed by atoms with van der Waals surface area (Å²) in [5.41, 5.74) is 2.09. The molecular weight excluding hydrogens is 438 g/mol. The number of rotatable bonds is 8. The summed E-state index contributed by atoms with van der Waals surface area (Å²) in [6, 6.07) is 11.9. The summed E-state index contributed by atoms with van der Waals surface area (Å²) in [4.78, 5) is 26.2. The van der Waals surface area contributed by atoms with Crippen LogP contribution in [0.5, 0.6) is 0 Å². The number of nitrogens with one attached hydrogen (secondary N) is 2. The molecule has 178 valence electrons. The van der Waals surface area contributed by atoms with E-state index in [1.807, 2.05) is 37.8 Å². The highest BCUT2D eigenvalue weighted by Gasteiger charge is 2.22. The Morgan fingerprint density at radius 3 is 2.55 bits per heavy atom. The second-order valence-corrected chi connectivity index (χ2v) is 11.2. The Kier molecular flexibility index (Phi) is 7.47. The highest BCUT2D eigenvalue weighted by molar-refractivity contribution is 7.92. The number of amides is 2. The van der Waals surface area contributed by atoms with Crippen molar-refractivity contribution >= 4 is 27.5 Å². The van der Waals surface area contributed by atoms with E-state index in [9.17, 15) is 18.0 Å². The summed E-state index contributed by atoms with van der Waals surface area (Å²) in [6.45, 7) is 9.72. The van der Waals surface area contributed by atoms with E-state index in [0.717, 1.165) is 18.5 Å². The first-order valence-electron chi connectivity index (χ1n) is 11.3. The van der Waals surface area contributed by atoms with Crippen LogP contribution in [-0.2, 0) is 20.2 Å². The van der Waals surface area contributed by atoms with E-state index in [0.29, 0.717) is 42.7 Å². The predicted molar refractivity (Wildman–Crippen MR) is 130 cm³/mol. The van der Waals surface area contributed by atoms with Crippen LogP contribution in [0.1, 0.15) is 61.5 Å². The average Bonchev–Trinajstić information content (AvgIpc) is 3.15. The lowest BCUT2D eigenvalue weighted by molar-refractivity contribution is -0.127. The van der Waals surface area contributed by atoms with E-state index in [2.05, 4.69) is 10.0 Å². The normalized spacial score (nSPS) is 14.4. The van der Waals surface area contributed by atoms with Crippen molar-refractivity contribution in [3.8, 4) is 0 Å². The van der Waals surface area contributed by atoms with Crippen LogP contribution in [0.3, 0.4) is 0 Å². The van der Waals surface area contributed by atoms with Crippen molar-refractivity contribution in [2.75, 3.05) is 24.4 Å². The van der Waals surface area contributed by atoms with E-state index >= 15 is 0 Å². The van der Waals surface area contributed by atoms with Gasteiger partial charge in [-0.3, -0.25) is 14.3 Å². The zero-order chi connectivity index (χ0) is 24.2. The molecule has 0 radical (unpaired) electrons. The van der Waals surface area contributed by atoms with E-state index in [-0.39, 0.29) is 22.1 Å². The van der Waals surface area contributed by atoms with Gasteiger partial charge < -0.3 is 10.2 Å². The third kappa shape index (κ3) is 6.35. The quantitative estimate of drug-likeness (QED) is 0.572. The van der Waals surface area contributed by atoms with Crippen LogP contribution in [0.25, 0.3) is 0 Å². The van der Waals surface area contributed by atoms with Gasteiger partial charge in [-0.2, -0.15) is 0 Å². The second-order valence-electron chi connectivity index (χ2n) is 9.51. The number of aryl methyl sites for hydroxylation is 1. The van der Waals surface area contributed by atoms with Gasteiger partial charge in [0.1, 0.15) is 0 Å². The van der Waals surface area contributed by atoms with Crippen molar-refractivity contribution in [3.63, 3.8) is 0 Å². The maximum atomic E-state index is 13.1. The lowest BCUT2D eigenvalue weighted by atomic mass is 9.87. The fraction of sp³-hybridized carbons (Fsp3) is 0.440. The van der Waals surface area contributed by atoms with Crippen molar-refractivity contribution in [3.05, 3.63) is 59.2 Å². The second kappa shape index (κ2) is 9.95. The molecule has 1 aliphatic rings. The van der Waals surface area contributed by atoms with Crippen molar-refractivity contribution in [1.29, 1.82) is 0 Å². The van der Waals surface area contributed by atoms with Gasteiger partial charge in [0.2, 0.25) is 5.91 Å². The summed E-state index contributed by atoms with van der Waals surface area (Å²) < 4.78 is 28.8. The van der Waals surface area contributed by atoms with Crippen LogP contribution >= 0.6 is 0 Å². The minimum absolute atomic E-state index is 0.171. The summed E-state index contributed by atoms with van der Waals surface area (Å²) in [6.07, 6.45) is 2.18. The van der Waals surface area contributed by atoms with Gasteiger partial charge >= 0.3 is 0 Å². The smallest absolute Gasteiger partial charge is 0.262 e. The summed E-state index contributed by atoms with van der Waals surface area (Å²) in [7, 11) is -3.82. The van der Waals surface area contributed by atoms with Crippen LogP contribution in [0.2, 0.25) is 0 Å². The first-order chi connectivity index (χ1) is 15.5. The number of anilines is 1. The topological polar surface area (TPSA) is 95.6 Å². The Morgan fingerprint density at radius 1 is 1.12 bits per heavy atom. The molecule has 1 aliphatic heterocycles. The molecule has 0 spiro atoms. The summed E-state index contributed by atoms with van der Waals surface area (Å²) in [5.74, 6) is -0.112. The molecule has 0 aliphatic carbocycles. The molecule has 1 fully saturated rings. The van der Waals surface area contributed by atoms with Gasteiger partial charge in [0.05, 0.1) is 4.90 Å².